The van der Waals surface area contributed by atoms with E-state index in [2.05, 4.69) is 19.0 Å². The minimum atomic E-state index is 0.159. The van der Waals surface area contributed by atoms with Crippen molar-refractivity contribution in [3.8, 4) is 11.4 Å². The third-order valence-electron chi connectivity index (χ3n) is 5.34. The van der Waals surface area contributed by atoms with Crippen LogP contribution < -0.4 is 4.74 Å². The van der Waals surface area contributed by atoms with Crippen LogP contribution in [0.1, 0.15) is 49.7 Å². The predicted octanol–water partition coefficient (Wildman–Crippen LogP) is 2.79. The van der Waals surface area contributed by atoms with Crippen molar-refractivity contribution in [2.24, 2.45) is 0 Å². The number of aromatic nitrogens is 3. The number of methoxy groups -OCH3 is 1. The van der Waals surface area contributed by atoms with Crippen molar-refractivity contribution in [1.82, 2.24) is 19.7 Å². The summed E-state index contributed by atoms with van der Waals surface area (Å²) in [5, 5.41) is 13.9. The molecule has 142 valence electrons. The quantitative estimate of drug-likeness (QED) is 0.825. The van der Waals surface area contributed by atoms with Crippen LogP contribution in [0.4, 0.5) is 0 Å². The molecular formula is C20H30N4O2. The van der Waals surface area contributed by atoms with Crippen LogP contribution in [0.25, 0.3) is 5.69 Å². The highest BCUT2D eigenvalue weighted by Gasteiger charge is 2.28. The maximum Gasteiger partial charge on any atom is 0.151 e. The van der Waals surface area contributed by atoms with Crippen LogP contribution in [0.15, 0.2) is 24.3 Å². The lowest BCUT2D eigenvalue weighted by molar-refractivity contribution is 0.213. The van der Waals surface area contributed by atoms with E-state index >= 15 is 0 Å². The largest absolute Gasteiger partial charge is 0.494 e. The van der Waals surface area contributed by atoms with E-state index in [0.29, 0.717) is 24.8 Å². The molecule has 0 amide bonds. The van der Waals surface area contributed by atoms with Gasteiger partial charge < -0.3 is 14.7 Å². The van der Waals surface area contributed by atoms with Crippen molar-refractivity contribution >= 4 is 0 Å². The second-order valence-corrected chi connectivity index (χ2v) is 7.27. The molecule has 1 aromatic carbocycles. The molecule has 0 spiro atoms. The van der Waals surface area contributed by atoms with Gasteiger partial charge in [-0.15, -0.1) is 0 Å². The Bertz CT molecular complexity index is 706. The second kappa shape index (κ2) is 8.64. The van der Waals surface area contributed by atoms with Gasteiger partial charge in [0.1, 0.15) is 17.3 Å². The molecule has 0 atom stereocenters. The zero-order valence-corrected chi connectivity index (χ0v) is 16.1. The van der Waals surface area contributed by atoms with Gasteiger partial charge >= 0.3 is 0 Å². The highest BCUT2D eigenvalue weighted by molar-refractivity contribution is 5.46. The van der Waals surface area contributed by atoms with Crippen molar-refractivity contribution < 1.29 is 9.84 Å². The van der Waals surface area contributed by atoms with Gasteiger partial charge in [0.2, 0.25) is 0 Å². The Kier molecular flexibility index (Phi) is 6.27. The molecule has 0 radical (unpaired) electrons. The number of benzene rings is 1. The van der Waals surface area contributed by atoms with Crippen molar-refractivity contribution in [2.45, 2.75) is 50.5 Å². The first kappa shape index (κ1) is 18.9. The first-order valence-electron chi connectivity index (χ1n) is 9.50. The van der Waals surface area contributed by atoms with Crippen molar-refractivity contribution in [2.75, 3.05) is 27.8 Å². The predicted molar refractivity (Wildman–Crippen MR) is 102 cm³/mol. The molecular weight excluding hydrogens is 328 g/mol. The topological polar surface area (TPSA) is 63.4 Å². The van der Waals surface area contributed by atoms with Crippen LogP contribution in [0, 0.1) is 0 Å². The Morgan fingerprint density at radius 1 is 1.19 bits per heavy atom. The molecule has 6 heteroatoms. The molecule has 1 fully saturated rings. The standard InChI is InChI=1S/C20H30N4O2/c1-23(2)16-12-10-15(11-13-16)20-21-19(9-6-14-25)22-24(20)17-7-4-5-8-18(17)26-3/h4-5,7-8,15-16,25H,6,9-14H2,1-3H3. The van der Waals surface area contributed by atoms with E-state index in [-0.39, 0.29) is 6.61 Å². The van der Waals surface area contributed by atoms with Gasteiger partial charge in [0.05, 0.1) is 7.11 Å². The number of hydrogen-bond donors (Lipinski definition) is 1. The van der Waals surface area contributed by atoms with E-state index in [1.54, 1.807) is 7.11 Å². The first-order chi connectivity index (χ1) is 12.6. The van der Waals surface area contributed by atoms with Gasteiger partial charge in [-0.05, 0) is 58.3 Å². The molecule has 1 heterocycles. The molecule has 6 nitrogen and oxygen atoms in total. The summed E-state index contributed by atoms with van der Waals surface area (Å²) in [7, 11) is 6.01. The summed E-state index contributed by atoms with van der Waals surface area (Å²) < 4.78 is 7.51. The number of ether oxygens (including phenoxy) is 1. The number of aryl methyl sites for hydroxylation is 1. The van der Waals surface area contributed by atoms with Crippen molar-refractivity contribution in [1.29, 1.82) is 0 Å². The van der Waals surface area contributed by atoms with E-state index in [9.17, 15) is 0 Å². The van der Waals surface area contributed by atoms with Gasteiger partial charge in [-0.3, -0.25) is 0 Å². The van der Waals surface area contributed by atoms with E-state index in [1.807, 2.05) is 28.9 Å². The van der Waals surface area contributed by atoms with Gasteiger partial charge in [0.25, 0.3) is 0 Å². The molecule has 0 bridgehead atoms. The molecule has 1 aromatic heterocycles. The summed E-state index contributed by atoms with van der Waals surface area (Å²) in [6.07, 6.45) is 5.98. The molecule has 2 aromatic rings. The fourth-order valence-electron chi connectivity index (χ4n) is 3.81. The number of rotatable bonds is 7. The van der Waals surface area contributed by atoms with Gasteiger partial charge in [-0.25, -0.2) is 9.67 Å². The fraction of sp³-hybridized carbons (Fsp3) is 0.600. The van der Waals surface area contributed by atoms with Crippen LogP contribution in [0.2, 0.25) is 0 Å². The average Bonchev–Trinajstić information content (AvgIpc) is 3.10. The average molecular weight is 358 g/mol. The van der Waals surface area contributed by atoms with Crippen molar-refractivity contribution in [3.05, 3.63) is 35.9 Å². The molecule has 0 aliphatic heterocycles. The first-order valence-corrected chi connectivity index (χ1v) is 9.50. The summed E-state index contributed by atoms with van der Waals surface area (Å²) in [6.45, 7) is 0.159. The van der Waals surface area contributed by atoms with Gasteiger partial charge in [0.15, 0.2) is 5.82 Å². The molecule has 1 N–H and O–H groups in total. The Hall–Kier alpha value is -1.92. The highest BCUT2D eigenvalue weighted by atomic mass is 16.5. The maximum atomic E-state index is 9.15. The second-order valence-electron chi connectivity index (χ2n) is 7.27. The van der Waals surface area contributed by atoms with Crippen LogP contribution >= 0.6 is 0 Å². The number of para-hydroxylation sites is 2. The summed E-state index contributed by atoms with van der Waals surface area (Å²) in [5.74, 6) is 3.04. The van der Waals surface area contributed by atoms with Crippen LogP contribution in [0.3, 0.4) is 0 Å². The lowest BCUT2D eigenvalue weighted by Crippen LogP contribution is -2.32. The van der Waals surface area contributed by atoms with Gasteiger partial charge in [0, 0.05) is 25.0 Å². The summed E-state index contributed by atoms with van der Waals surface area (Å²) in [6, 6.07) is 8.60. The molecule has 0 unspecified atom stereocenters. The Labute approximate surface area is 155 Å². The van der Waals surface area contributed by atoms with Gasteiger partial charge in [-0.2, -0.15) is 5.10 Å². The zero-order valence-electron chi connectivity index (χ0n) is 16.1. The lowest BCUT2D eigenvalue weighted by atomic mass is 9.85. The molecule has 1 saturated carbocycles. The summed E-state index contributed by atoms with van der Waals surface area (Å²) in [5.41, 5.74) is 0.933. The number of aliphatic hydroxyl groups excluding tert-OH is 1. The minimum Gasteiger partial charge on any atom is -0.494 e. The Balaban J connectivity index is 1.92. The number of hydrogen-bond acceptors (Lipinski definition) is 5. The van der Waals surface area contributed by atoms with E-state index in [0.717, 1.165) is 35.9 Å². The smallest absolute Gasteiger partial charge is 0.151 e. The third kappa shape index (κ3) is 4.07. The molecule has 26 heavy (non-hydrogen) atoms. The zero-order chi connectivity index (χ0) is 18.5. The lowest BCUT2D eigenvalue weighted by Gasteiger charge is -2.32. The number of nitrogens with zero attached hydrogens (tertiary/aromatic N) is 4. The molecule has 0 saturated heterocycles. The number of aliphatic hydroxyl groups is 1. The summed E-state index contributed by atoms with van der Waals surface area (Å²) >= 11 is 0. The molecule has 1 aliphatic rings. The van der Waals surface area contributed by atoms with E-state index in [4.69, 9.17) is 19.9 Å². The highest BCUT2D eigenvalue weighted by Crippen LogP contribution is 2.35. The SMILES string of the molecule is COc1ccccc1-n1nc(CCCO)nc1C1CCC(N(C)C)CC1. The normalized spacial score (nSPS) is 20.5. The van der Waals surface area contributed by atoms with Crippen LogP contribution in [0.5, 0.6) is 5.75 Å². The maximum absolute atomic E-state index is 9.15. The molecule has 1 aliphatic carbocycles. The monoisotopic (exact) mass is 358 g/mol. The molecule has 3 rings (SSSR count). The van der Waals surface area contributed by atoms with Gasteiger partial charge in [-0.1, -0.05) is 12.1 Å². The van der Waals surface area contributed by atoms with E-state index < -0.39 is 0 Å². The van der Waals surface area contributed by atoms with Crippen molar-refractivity contribution in [3.63, 3.8) is 0 Å². The minimum absolute atomic E-state index is 0.159. The Morgan fingerprint density at radius 2 is 1.92 bits per heavy atom. The summed E-state index contributed by atoms with van der Waals surface area (Å²) in [4.78, 5) is 7.19. The Morgan fingerprint density at radius 3 is 2.58 bits per heavy atom. The fourth-order valence-corrected chi connectivity index (χ4v) is 3.81. The van der Waals surface area contributed by atoms with Crippen LogP contribution in [-0.2, 0) is 6.42 Å². The third-order valence-corrected chi connectivity index (χ3v) is 5.34. The van der Waals surface area contributed by atoms with E-state index in [1.165, 1.54) is 12.8 Å². The van der Waals surface area contributed by atoms with Crippen LogP contribution in [-0.4, -0.2) is 58.6 Å².